The number of aromatic nitrogens is 2. The molecule has 0 spiro atoms. The summed E-state index contributed by atoms with van der Waals surface area (Å²) >= 11 is 0. The summed E-state index contributed by atoms with van der Waals surface area (Å²) in [5.74, 6) is 4.97. The highest BCUT2D eigenvalue weighted by atomic mass is 28.3. The number of aryl methyl sites for hydroxylation is 1. The molecule has 2 bridgehead atoms. The number of hydrogen-bond acceptors (Lipinski definition) is 10. The standard InChI is InChI=1S/C53H67F2N5O6Si/c1-31(2)67(32(3)4,33(5)6)20-17-40-44(55)16-13-35-22-39(64-30-62-11)23-41(46(35)40)42-24-45-47(43-21-34(7)65-48(42)43)49(57-50(56-45)63-29-53-18-12-19-59(53)26-36(54)25-53)58-27-37-14-15-38(28-58)60(37)51(61)66-52(8,9)10/h13,16,21-24,31-33,36-38H,12,14-15,18-19,25-30H2,1-11H3/t36-,37-,38+,53+/m1/s1. The van der Waals surface area contributed by atoms with E-state index in [0.717, 1.165) is 48.4 Å². The number of anilines is 1. The molecule has 9 rings (SSSR count). The molecule has 4 atom stereocenters. The number of fused-ring (bicyclic) bond motifs is 7. The molecule has 1 amide bonds. The van der Waals surface area contributed by atoms with Crippen molar-refractivity contribution >= 4 is 52.6 Å². The molecule has 0 saturated carbocycles. The predicted octanol–water partition coefficient (Wildman–Crippen LogP) is 11.7. The summed E-state index contributed by atoms with van der Waals surface area (Å²) in [7, 11) is -0.711. The van der Waals surface area contributed by atoms with Gasteiger partial charge in [0.1, 0.15) is 55.2 Å². The average Bonchev–Trinajstić information content (AvgIpc) is 3.99. The lowest BCUT2D eigenvalue weighted by Gasteiger charge is -2.42. The lowest BCUT2D eigenvalue weighted by molar-refractivity contribution is 0.0122. The highest BCUT2D eigenvalue weighted by molar-refractivity contribution is 6.90. The fourth-order valence-corrected chi connectivity index (χ4v) is 17.5. The first-order chi connectivity index (χ1) is 31.8. The summed E-state index contributed by atoms with van der Waals surface area (Å²) in [6.07, 6.45) is 2.70. The number of furan rings is 1. The molecule has 67 heavy (non-hydrogen) atoms. The van der Waals surface area contributed by atoms with E-state index in [9.17, 15) is 9.18 Å². The molecule has 2 aromatic heterocycles. The molecule has 0 N–H and O–H groups in total. The Morgan fingerprint density at radius 1 is 0.955 bits per heavy atom. The van der Waals surface area contributed by atoms with Gasteiger partial charge in [-0.15, -0.1) is 5.54 Å². The molecule has 4 aliphatic heterocycles. The van der Waals surface area contributed by atoms with Crippen LogP contribution in [0.15, 0.2) is 40.8 Å². The Morgan fingerprint density at radius 2 is 1.67 bits per heavy atom. The SMILES string of the molecule is COCOc1cc(-c2cc3nc(OC[C@@]45CCCN4C[C@H](F)C5)nc(N4C[C@H]5CC[C@@H](C4)N5C(=O)OC(C)(C)C)c3c3cc(C)oc23)c2c(C#C[Si](C(C)C)(C(C)C)C(C)C)c(F)ccc2c1. The first kappa shape index (κ1) is 47.1. The monoisotopic (exact) mass is 935 g/mol. The van der Waals surface area contributed by atoms with Gasteiger partial charge < -0.3 is 28.3 Å². The number of ether oxygens (including phenoxy) is 4. The Hall–Kier alpha value is -4.97. The minimum absolute atomic E-state index is 0.0135. The second-order valence-electron chi connectivity index (χ2n) is 21.5. The van der Waals surface area contributed by atoms with Gasteiger partial charge in [-0.3, -0.25) is 9.80 Å². The average molecular weight is 936 g/mol. The summed E-state index contributed by atoms with van der Waals surface area (Å²) in [6.45, 7) is 23.7. The third-order valence-electron chi connectivity index (χ3n) is 15.1. The molecule has 4 saturated heterocycles. The molecule has 11 nitrogen and oxygen atoms in total. The van der Waals surface area contributed by atoms with Gasteiger partial charge in [-0.05, 0) is 118 Å². The number of methoxy groups -OCH3 is 1. The van der Waals surface area contributed by atoms with E-state index in [0.29, 0.717) is 93.2 Å². The van der Waals surface area contributed by atoms with Crippen LogP contribution in [0.1, 0.15) is 106 Å². The van der Waals surface area contributed by atoms with E-state index in [-0.39, 0.29) is 37.6 Å². The Labute approximate surface area is 394 Å². The molecular formula is C53H67F2N5O6Si. The van der Waals surface area contributed by atoms with Gasteiger partial charge in [0.25, 0.3) is 0 Å². The first-order valence-corrected chi connectivity index (χ1v) is 26.5. The van der Waals surface area contributed by atoms with E-state index in [1.807, 2.05) is 56.9 Å². The molecule has 0 aliphatic carbocycles. The molecule has 3 aromatic carbocycles. The molecule has 358 valence electrons. The van der Waals surface area contributed by atoms with E-state index in [2.05, 4.69) is 62.8 Å². The zero-order chi connectivity index (χ0) is 47.7. The number of halogens is 2. The number of rotatable bonds is 11. The Morgan fingerprint density at radius 3 is 2.34 bits per heavy atom. The molecule has 0 unspecified atom stereocenters. The van der Waals surface area contributed by atoms with Crippen molar-refractivity contribution in [2.45, 2.75) is 147 Å². The third kappa shape index (κ3) is 8.51. The lowest BCUT2D eigenvalue weighted by atomic mass is 9.92. The topological polar surface area (TPSA) is 103 Å². The fourth-order valence-electron chi connectivity index (χ4n) is 12.3. The summed E-state index contributed by atoms with van der Waals surface area (Å²) in [6, 6.07) is 11.1. The number of carbonyl (C=O) groups excluding carboxylic acids is 1. The quantitative estimate of drug-likeness (QED) is 0.0722. The zero-order valence-electron chi connectivity index (χ0n) is 41.1. The largest absolute Gasteiger partial charge is 0.468 e. The molecule has 14 heteroatoms. The van der Waals surface area contributed by atoms with Crippen molar-refractivity contribution in [3.8, 4) is 34.4 Å². The summed E-state index contributed by atoms with van der Waals surface area (Å²) in [4.78, 5) is 30.4. The van der Waals surface area contributed by atoms with Gasteiger partial charge in [0.05, 0.1) is 34.1 Å². The highest BCUT2D eigenvalue weighted by Crippen LogP contribution is 2.47. The number of carbonyl (C=O) groups is 1. The molecule has 5 aromatic rings. The van der Waals surface area contributed by atoms with Gasteiger partial charge >= 0.3 is 12.1 Å². The maximum absolute atomic E-state index is 16.7. The Bertz CT molecular complexity index is 2740. The van der Waals surface area contributed by atoms with Crippen molar-refractivity contribution in [1.82, 2.24) is 19.8 Å². The van der Waals surface area contributed by atoms with Crippen LogP contribution in [0, 0.1) is 24.2 Å². The first-order valence-electron chi connectivity index (χ1n) is 24.3. The minimum Gasteiger partial charge on any atom is -0.468 e. The number of amides is 1. The van der Waals surface area contributed by atoms with E-state index >= 15 is 4.39 Å². The zero-order valence-corrected chi connectivity index (χ0v) is 42.1. The lowest BCUT2D eigenvalue weighted by Crippen LogP contribution is -2.57. The van der Waals surface area contributed by atoms with Crippen LogP contribution >= 0.6 is 0 Å². The van der Waals surface area contributed by atoms with Crippen LogP contribution in [-0.4, -0.2) is 110 Å². The maximum atomic E-state index is 16.7. The van der Waals surface area contributed by atoms with Crippen molar-refractivity contribution in [3.63, 3.8) is 0 Å². The van der Waals surface area contributed by atoms with E-state index < -0.39 is 31.2 Å². The summed E-state index contributed by atoms with van der Waals surface area (Å²) in [5.41, 5.74) is 6.67. The van der Waals surface area contributed by atoms with Crippen LogP contribution in [0.2, 0.25) is 16.6 Å². The molecule has 6 heterocycles. The Kier molecular flexibility index (Phi) is 12.5. The van der Waals surface area contributed by atoms with Crippen LogP contribution in [-0.2, 0) is 9.47 Å². The smallest absolute Gasteiger partial charge is 0.410 e. The van der Waals surface area contributed by atoms with Crippen molar-refractivity contribution in [3.05, 3.63) is 53.5 Å². The van der Waals surface area contributed by atoms with Gasteiger partial charge in [-0.2, -0.15) is 9.97 Å². The van der Waals surface area contributed by atoms with Crippen molar-refractivity contribution in [2.24, 2.45) is 0 Å². The molecule has 4 fully saturated rings. The predicted molar refractivity (Wildman–Crippen MR) is 263 cm³/mol. The number of hydrogen-bond donors (Lipinski definition) is 0. The van der Waals surface area contributed by atoms with Crippen LogP contribution in [0.4, 0.5) is 19.4 Å². The highest BCUT2D eigenvalue weighted by Gasteiger charge is 2.50. The van der Waals surface area contributed by atoms with Crippen LogP contribution < -0.4 is 14.4 Å². The number of alkyl halides is 1. The minimum atomic E-state index is -2.28. The maximum Gasteiger partial charge on any atom is 0.410 e. The Balaban J connectivity index is 1.26. The second-order valence-corrected chi connectivity index (χ2v) is 27.1. The van der Waals surface area contributed by atoms with Crippen LogP contribution in [0.5, 0.6) is 11.8 Å². The second kappa shape index (κ2) is 17.8. The van der Waals surface area contributed by atoms with Gasteiger partial charge in [0, 0.05) is 49.5 Å². The number of benzene rings is 3. The van der Waals surface area contributed by atoms with Gasteiger partial charge in [-0.25, -0.2) is 13.6 Å². The molecular weight excluding hydrogens is 869 g/mol. The van der Waals surface area contributed by atoms with Gasteiger partial charge in [-0.1, -0.05) is 53.5 Å². The summed E-state index contributed by atoms with van der Waals surface area (Å²) in [5, 5.41) is 2.97. The third-order valence-corrected chi connectivity index (χ3v) is 21.4. The fraction of sp³-hybridized carbons (Fsp3) is 0.566. The van der Waals surface area contributed by atoms with Gasteiger partial charge in [0.2, 0.25) is 0 Å². The van der Waals surface area contributed by atoms with Crippen LogP contribution in [0.3, 0.4) is 0 Å². The molecule has 0 radical (unpaired) electrons. The van der Waals surface area contributed by atoms with E-state index in [1.165, 1.54) is 6.07 Å². The number of piperazine rings is 1. The number of nitrogens with zero attached hydrogens (tertiary/aromatic N) is 5. The van der Waals surface area contributed by atoms with Crippen molar-refractivity contribution < 1.29 is 36.9 Å². The van der Waals surface area contributed by atoms with E-state index in [4.69, 9.17) is 33.3 Å². The van der Waals surface area contributed by atoms with Crippen molar-refractivity contribution in [2.75, 3.05) is 51.6 Å². The van der Waals surface area contributed by atoms with Gasteiger partial charge in [0.15, 0.2) is 6.79 Å². The van der Waals surface area contributed by atoms with Crippen LogP contribution in [0.25, 0.3) is 43.8 Å². The normalized spacial score (nSPS) is 22.2. The van der Waals surface area contributed by atoms with Crippen molar-refractivity contribution in [1.29, 1.82) is 0 Å². The summed E-state index contributed by atoms with van der Waals surface area (Å²) < 4.78 is 62.4. The molecule has 4 aliphatic rings. The van der Waals surface area contributed by atoms with E-state index in [1.54, 1.807) is 13.2 Å².